The summed E-state index contributed by atoms with van der Waals surface area (Å²) < 4.78 is 5.58. The Morgan fingerprint density at radius 1 is 1.73 bits per heavy atom. The van der Waals surface area contributed by atoms with Gasteiger partial charge in [-0.3, -0.25) is 4.98 Å². The molecule has 58 valence electrons. The molecule has 1 aliphatic heterocycles. The Morgan fingerprint density at radius 2 is 2.55 bits per heavy atom. The molecule has 0 N–H and O–H groups in total. The minimum Gasteiger partial charge on any atom is -0.490 e. The molecule has 3 heteroatoms. The van der Waals surface area contributed by atoms with Gasteiger partial charge in [0.1, 0.15) is 12.4 Å². The molecule has 0 saturated heterocycles. The van der Waals surface area contributed by atoms with Crippen molar-refractivity contribution in [3.63, 3.8) is 0 Å². The van der Waals surface area contributed by atoms with E-state index in [4.69, 9.17) is 4.74 Å². The van der Waals surface area contributed by atoms with Crippen molar-refractivity contribution in [3.05, 3.63) is 24.0 Å². The first-order valence-corrected chi connectivity index (χ1v) is 4.54. The third-order valence-electron chi connectivity index (χ3n) is 1.84. The van der Waals surface area contributed by atoms with Crippen LogP contribution in [0.4, 0.5) is 0 Å². The fraction of sp³-hybridized carbons (Fsp3) is 0.375. The van der Waals surface area contributed by atoms with Crippen molar-refractivity contribution >= 4 is 22.6 Å². The van der Waals surface area contributed by atoms with E-state index < -0.39 is 0 Å². The highest BCUT2D eigenvalue weighted by molar-refractivity contribution is 14.1. The molecule has 1 aromatic heterocycles. The van der Waals surface area contributed by atoms with E-state index in [-0.39, 0.29) is 3.42 Å². The Balaban J connectivity index is 2.56. The topological polar surface area (TPSA) is 22.1 Å². The number of rotatable bonds is 0. The van der Waals surface area contributed by atoms with Gasteiger partial charge in [-0.25, -0.2) is 0 Å². The van der Waals surface area contributed by atoms with Crippen molar-refractivity contribution in [2.24, 2.45) is 0 Å². The first-order valence-electron chi connectivity index (χ1n) is 3.46. The smallest absolute Gasteiger partial charge is 0.142 e. The van der Waals surface area contributed by atoms with Crippen molar-refractivity contribution in [2.75, 3.05) is 6.61 Å². The van der Waals surface area contributed by atoms with Crippen LogP contribution in [0.5, 0.6) is 5.75 Å². The van der Waals surface area contributed by atoms with Crippen LogP contribution in [-0.4, -0.2) is 11.6 Å². The zero-order valence-electron chi connectivity index (χ0n) is 6.17. The minimum atomic E-state index is 0.135. The lowest BCUT2D eigenvalue weighted by molar-refractivity contribution is 0.331. The summed E-state index contributed by atoms with van der Waals surface area (Å²) in [7, 11) is 0. The molecule has 0 radical (unpaired) electrons. The second kappa shape index (κ2) is 2.33. The van der Waals surface area contributed by atoms with Gasteiger partial charge in [0.25, 0.3) is 0 Å². The molecule has 2 nitrogen and oxygen atoms in total. The van der Waals surface area contributed by atoms with Gasteiger partial charge in [-0.2, -0.15) is 0 Å². The van der Waals surface area contributed by atoms with Gasteiger partial charge in [0.2, 0.25) is 0 Å². The van der Waals surface area contributed by atoms with E-state index in [0.29, 0.717) is 0 Å². The maximum absolute atomic E-state index is 5.44. The largest absolute Gasteiger partial charge is 0.490 e. The molecule has 0 fully saturated rings. The second-order valence-electron chi connectivity index (χ2n) is 2.86. The van der Waals surface area contributed by atoms with Gasteiger partial charge in [0.15, 0.2) is 0 Å². The number of hydrogen-bond acceptors (Lipinski definition) is 2. The van der Waals surface area contributed by atoms with E-state index in [1.807, 2.05) is 12.3 Å². The van der Waals surface area contributed by atoms with Crippen LogP contribution in [0, 0.1) is 0 Å². The van der Waals surface area contributed by atoms with Crippen LogP contribution >= 0.6 is 22.6 Å². The maximum Gasteiger partial charge on any atom is 0.142 e. The van der Waals surface area contributed by atoms with Gasteiger partial charge >= 0.3 is 0 Å². The average Bonchev–Trinajstić information content (AvgIpc) is 2.29. The summed E-state index contributed by atoms with van der Waals surface area (Å²) in [5, 5.41) is 0. The molecule has 11 heavy (non-hydrogen) atoms. The van der Waals surface area contributed by atoms with Crippen LogP contribution < -0.4 is 4.74 Å². The summed E-state index contributed by atoms with van der Waals surface area (Å²) in [6, 6.07) is 2.02. The molecule has 1 aliphatic rings. The molecule has 0 saturated carbocycles. The van der Waals surface area contributed by atoms with Crippen molar-refractivity contribution in [1.29, 1.82) is 0 Å². The van der Waals surface area contributed by atoms with E-state index in [0.717, 1.165) is 12.4 Å². The molecule has 2 rings (SSSR count). The van der Waals surface area contributed by atoms with Crippen LogP contribution in [-0.2, 0) is 3.42 Å². The van der Waals surface area contributed by atoms with Gasteiger partial charge in [0.05, 0.1) is 9.62 Å². The number of fused-ring (bicyclic) bond motifs is 1. The maximum atomic E-state index is 5.44. The van der Waals surface area contributed by atoms with E-state index in [1.165, 1.54) is 5.56 Å². The highest BCUT2D eigenvalue weighted by atomic mass is 127. The molecular formula is C8H8INO. The Labute approximate surface area is 79.1 Å². The number of ether oxygens (including phenoxy) is 1. The summed E-state index contributed by atoms with van der Waals surface area (Å²) in [6.45, 7) is 2.92. The molecule has 1 unspecified atom stereocenters. The van der Waals surface area contributed by atoms with Gasteiger partial charge in [-0.15, -0.1) is 0 Å². The normalized spacial score (nSPS) is 27.8. The van der Waals surface area contributed by atoms with Crippen molar-refractivity contribution in [1.82, 2.24) is 4.98 Å². The van der Waals surface area contributed by atoms with Crippen LogP contribution in [0.15, 0.2) is 18.5 Å². The summed E-state index contributed by atoms with van der Waals surface area (Å²) in [4.78, 5) is 3.99. The Kier molecular flexibility index (Phi) is 1.56. The third kappa shape index (κ3) is 1.11. The lowest BCUT2D eigenvalue weighted by Crippen LogP contribution is -2.13. The van der Waals surface area contributed by atoms with Gasteiger partial charge in [-0.1, -0.05) is 22.6 Å². The van der Waals surface area contributed by atoms with Crippen LogP contribution in [0.3, 0.4) is 0 Å². The Morgan fingerprint density at radius 3 is 3.27 bits per heavy atom. The van der Waals surface area contributed by atoms with E-state index >= 15 is 0 Å². The van der Waals surface area contributed by atoms with E-state index in [9.17, 15) is 0 Å². The van der Waals surface area contributed by atoms with Crippen LogP contribution in [0.25, 0.3) is 0 Å². The summed E-state index contributed by atoms with van der Waals surface area (Å²) >= 11 is 2.40. The summed E-state index contributed by atoms with van der Waals surface area (Å²) in [5.41, 5.74) is 1.26. The lowest BCUT2D eigenvalue weighted by atomic mass is 10.1. The Hall–Kier alpha value is -0.320. The number of halogens is 1. The monoisotopic (exact) mass is 261 g/mol. The fourth-order valence-corrected chi connectivity index (χ4v) is 1.82. The molecule has 0 aliphatic carbocycles. The van der Waals surface area contributed by atoms with Gasteiger partial charge in [-0.05, 0) is 13.0 Å². The molecule has 1 atom stereocenters. The summed E-state index contributed by atoms with van der Waals surface area (Å²) in [5.74, 6) is 0.935. The predicted octanol–water partition coefficient (Wildman–Crippen LogP) is 2.12. The molecule has 0 aromatic carbocycles. The number of aromatic nitrogens is 1. The number of nitrogens with zero attached hydrogens (tertiary/aromatic N) is 1. The average molecular weight is 261 g/mol. The molecule has 2 heterocycles. The molecule has 0 spiro atoms. The molecule has 0 bridgehead atoms. The first-order chi connectivity index (χ1) is 5.20. The lowest BCUT2D eigenvalue weighted by Gasteiger charge is -2.11. The third-order valence-corrected chi connectivity index (χ3v) is 2.74. The highest BCUT2D eigenvalue weighted by Gasteiger charge is 2.33. The van der Waals surface area contributed by atoms with E-state index in [2.05, 4.69) is 34.5 Å². The zero-order valence-corrected chi connectivity index (χ0v) is 8.33. The first kappa shape index (κ1) is 7.34. The predicted molar refractivity (Wildman–Crippen MR) is 51.1 cm³/mol. The zero-order chi connectivity index (χ0) is 7.90. The molecule has 1 aromatic rings. The quantitative estimate of drug-likeness (QED) is 0.527. The molecular weight excluding hydrogens is 253 g/mol. The fourth-order valence-electron chi connectivity index (χ4n) is 1.22. The number of pyridine rings is 1. The number of hydrogen-bond donors (Lipinski definition) is 0. The Bertz CT molecular complexity index is 285. The van der Waals surface area contributed by atoms with Crippen molar-refractivity contribution in [2.45, 2.75) is 10.3 Å². The van der Waals surface area contributed by atoms with Gasteiger partial charge < -0.3 is 4.74 Å². The van der Waals surface area contributed by atoms with Gasteiger partial charge in [0, 0.05) is 11.8 Å². The minimum absolute atomic E-state index is 0.135. The van der Waals surface area contributed by atoms with E-state index in [1.54, 1.807) is 6.20 Å². The standard InChI is InChI=1S/C8H8INO/c1-8(9)5-11-7-4-10-3-2-6(7)8/h2-4H,5H2,1H3. The SMILES string of the molecule is CC1(I)COc2cnccc21. The van der Waals surface area contributed by atoms with Crippen LogP contribution in [0.1, 0.15) is 12.5 Å². The molecule has 0 amide bonds. The van der Waals surface area contributed by atoms with Crippen LogP contribution in [0.2, 0.25) is 0 Å². The second-order valence-corrected chi connectivity index (χ2v) is 5.24. The summed E-state index contributed by atoms with van der Waals surface area (Å²) in [6.07, 6.45) is 3.59. The van der Waals surface area contributed by atoms with Crippen molar-refractivity contribution < 1.29 is 4.74 Å². The highest BCUT2D eigenvalue weighted by Crippen LogP contribution is 2.42. The van der Waals surface area contributed by atoms with Crippen molar-refractivity contribution in [3.8, 4) is 5.75 Å². The number of alkyl halides is 1.